The largest absolute Gasteiger partial charge is 0.481 e. The van der Waals surface area contributed by atoms with Crippen molar-refractivity contribution in [2.45, 2.75) is 6.42 Å². The van der Waals surface area contributed by atoms with E-state index in [0.29, 0.717) is 10.0 Å². The number of carboxylic acids is 1. The van der Waals surface area contributed by atoms with E-state index in [1.54, 1.807) is 6.07 Å². The zero-order chi connectivity index (χ0) is 10.7. The Morgan fingerprint density at radius 2 is 2.29 bits per heavy atom. The van der Waals surface area contributed by atoms with Crippen LogP contribution in [0.15, 0.2) is 16.6 Å². The highest BCUT2D eigenvalue weighted by molar-refractivity contribution is 9.10. The van der Waals surface area contributed by atoms with Crippen LogP contribution < -0.4 is 0 Å². The van der Waals surface area contributed by atoms with Gasteiger partial charge < -0.3 is 5.11 Å². The number of nitrogens with zero attached hydrogens (tertiary/aromatic N) is 1. The first-order valence-electron chi connectivity index (χ1n) is 3.64. The first kappa shape index (κ1) is 10.7. The third kappa shape index (κ3) is 2.30. The van der Waals surface area contributed by atoms with Crippen molar-refractivity contribution in [2.24, 2.45) is 0 Å². The molecule has 1 rings (SSSR count). The molecule has 0 bridgehead atoms. The van der Waals surface area contributed by atoms with Crippen molar-refractivity contribution in [3.8, 4) is 6.07 Å². The molecule has 0 aliphatic carbocycles. The molecule has 1 aromatic rings. The van der Waals surface area contributed by atoms with E-state index in [2.05, 4.69) is 15.9 Å². The maximum absolute atomic E-state index is 13.0. The fraction of sp³-hybridized carbons (Fsp3) is 0.111. The van der Waals surface area contributed by atoms with Gasteiger partial charge in [-0.15, -0.1) is 0 Å². The first-order chi connectivity index (χ1) is 6.54. The van der Waals surface area contributed by atoms with Crippen LogP contribution in [-0.2, 0) is 11.2 Å². The van der Waals surface area contributed by atoms with Crippen LogP contribution in [0, 0.1) is 17.1 Å². The molecule has 0 heterocycles. The van der Waals surface area contributed by atoms with Gasteiger partial charge in [-0.25, -0.2) is 4.39 Å². The van der Waals surface area contributed by atoms with E-state index in [4.69, 9.17) is 10.4 Å². The molecule has 0 atom stereocenters. The van der Waals surface area contributed by atoms with Crippen molar-refractivity contribution in [1.29, 1.82) is 5.26 Å². The van der Waals surface area contributed by atoms with Crippen LogP contribution in [0.2, 0.25) is 0 Å². The van der Waals surface area contributed by atoms with Crippen molar-refractivity contribution >= 4 is 21.9 Å². The summed E-state index contributed by atoms with van der Waals surface area (Å²) in [5.74, 6) is -1.75. The lowest BCUT2D eigenvalue weighted by molar-refractivity contribution is -0.136. The van der Waals surface area contributed by atoms with Gasteiger partial charge in [-0.3, -0.25) is 4.79 Å². The number of rotatable bonds is 2. The molecule has 72 valence electrons. The van der Waals surface area contributed by atoms with Crippen molar-refractivity contribution in [3.05, 3.63) is 33.5 Å². The molecule has 0 fully saturated rings. The van der Waals surface area contributed by atoms with E-state index in [-0.39, 0.29) is 12.0 Å². The molecule has 0 amide bonds. The van der Waals surface area contributed by atoms with Crippen LogP contribution in [0.1, 0.15) is 11.1 Å². The van der Waals surface area contributed by atoms with Gasteiger partial charge >= 0.3 is 5.97 Å². The van der Waals surface area contributed by atoms with E-state index >= 15 is 0 Å². The smallest absolute Gasteiger partial charge is 0.307 e. The summed E-state index contributed by atoms with van der Waals surface area (Å²) in [6, 6.07) is 3.99. The van der Waals surface area contributed by atoms with Gasteiger partial charge in [-0.1, -0.05) is 15.9 Å². The molecule has 14 heavy (non-hydrogen) atoms. The lowest BCUT2D eigenvalue weighted by Gasteiger charge is -2.02. The second-order valence-electron chi connectivity index (χ2n) is 2.61. The standard InChI is InChI=1S/C9H5BrFNO2/c10-7-1-6(4-12)8(11)2-5(7)3-9(13)14/h1-2H,3H2,(H,13,14). The molecule has 0 aliphatic heterocycles. The van der Waals surface area contributed by atoms with E-state index < -0.39 is 11.8 Å². The Labute approximate surface area is 87.9 Å². The third-order valence-electron chi connectivity index (χ3n) is 1.60. The summed E-state index contributed by atoms with van der Waals surface area (Å²) in [5.41, 5.74) is 0.208. The predicted molar refractivity (Wildman–Crippen MR) is 50.2 cm³/mol. The molecule has 5 heteroatoms. The van der Waals surface area contributed by atoms with Gasteiger partial charge in [-0.05, 0) is 17.7 Å². The number of hydrogen-bond acceptors (Lipinski definition) is 2. The maximum Gasteiger partial charge on any atom is 0.307 e. The Morgan fingerprint density at radius 1 is 1.64 bits per heavy atom. The predicted octanol–water partition coefficient (Wildman–Crippen LogP) is 2.09. The van der Waals surface area contributed by atoms with E-state index in [9.17, 15) is 9.18 Å². The Balaban J connectivity index is 3.16. The molecule has 0 radical (unpaired) electrons. The number of nitriles is 1. The number of carbonyl (C=O) groups is 1. The highest BCUT2D eigenvalue weighted by atomic mass is 79.9. The minimum Gasteiger partial charge on any atom is -0.481 e. The van der Waals surface area contributed by atoms with Crippen LogP contribution >= 0.6 is 15.9 Å². The van der Waals surface area contributed by atoms with E-state index in [1.165, 1.54) is 6.07 Å². The lowest BCUT2D eigenvalue weighted by Crippen LogP contribution is -2.02. The Hall–Kier alpha value is -1.41. The van der Waals surface area contributed by atoms with Crippen LogP contribution in [0.3, 0.4) is 0 Å². The fourth-order valence-electron chi connectivity index (χ4n) is 0.972. The van der Waals surface area contributed by atoms with Gasteiger partial charge in [0.25, 0.3) is 0 Å². The van der Waals surface area contributed by atoms with Crippen LogP contribution in [0.5, 0.6) is 0 Å². The van der Waals surface area contributed by atoms with Crippen LogP contribution in [0.25, 0.3) is 0 Å². The fourth-order valence-corrected chi connectivity index (χ4v) is 1.46. The normalized spacial score (nSPS) is 9.50. The molecule has 0 aromatic heterocycles. The van der Waals surface area contributed by atoms with Gasteiger partial charge in [-0.2, -0.15) is 5.26 Å². The van der Waals surface area contributed by atoms with Gasteiger partial charge in [0.1, 0.15) is 11.9 Å². The van der Waals surface area contributed by atoms with Gasteiger partial charge in [0, 0.05) is 4.47 Å². The SMILES string of the molecule is N#Cc1cc(Br)c(CC(=O)O)cc1F. The summed E-state index contributed by atoms with van der Waals surface area (Å²) in [4.78, 5) is 10.4. The average molecular weight is 258 g/mol. The molecule has 0 spiro atoms. The summed E-state index contributed by atoms with van der Waals surface area (Å²) in [6.45, 7) is 0. The number of hydrogen-bond donors (Lipinski definition) is 1. The quantitative estimate of drug-likeness (QED) is 0.883. The summed E-state index contributed by atoms with van der Waals surface area (Å²) < 4.78 is 13.5. The van der Waals surface area contributed by atoms with Crippen molar-refractivity contribution in [2.75, 3.05) is 0 Å². The van der Waals surface area contributed by atoms with Crippen molar-refractivity contribution in [3.63, 3.8) is 0 Å². The number of aliphatic carboxylic acids is 1. The maximum atomic E-state index is 13.0. The van der Waals surface area contributed by atoms with Crippen molar-refractivity contribution < 1.29 is 14.3 Å². The van der Waals surface area contributed by atoms with Crippen LogP contribution in [-0.4, -0.2) is 11.1 Å². The molecule has 0 saturated heterocycles. The minimum absolute atomic E-state index is 0.106. The van der Waals surface area contributed by atoms with E-state index in [1.807, 2.05) is 0 Å². The summed E-state index contributed by atoms with van der Waals surface area (Å²) >= 11 is 3.07. The second-order valence-corrected chi connectivity index (χ2v) is 3.46. The summed E-state index contributed by atoms with van der Waals surface area (Å²) in [6.07, 6.45) is -0.275. The van der Waals surface area contributed by atoms with Gasteiger partial charge in [0.05, 0.1) is 12.0 Å². The van der Waals surface area contributed by atoms with Crippen LogP contribution in [0.4, 0.5) is 4.39 Å². The molecule has 1 aromatic carbocycles. The monoisotopic (exact) mass is 257 g/mol. The number of benzene rings is 1. The zero-order valence-electron chi connectivity index (χ0n) is 6.92. The topological polar surface area (TPSA) is 61.1 Å². The highest BCUT2D eigenvalue weighted by Gasteiger charge is 2.10. The highest BCUT2D eigenvalue weighted by Crippen LogP contribution is 2.21. The first-order valence-corrected chi connectivity index (χ1v) is 4.43. The molecule has 0 aliphatic rings. The lowest BCUT2D eigenvalue weighted by atomic mass is 10.1. The minimum atomic E-state index is -1.05. The average Bonchev–Trinajstić information content (AvgIpc) is 2.10. The van der Waals surface area contributed by atoms with Gasteiger partial charge in [0.2, 0.25) is 0 Å². The molecule has 3 nitrogen and oxygen atoms in total. The molecular formula is C9H5BrFNO2. The number of carboxylic acid groups (broad SMARTS) is 1. The molecule has 0 saturated carbocycles. The molecular weight excluding hydrogens is 253 g/mol. The van der Waals surface area contributed by atoms with E-state index in [0.717, 1.165) is 6.07 Å². The Bertz CT molecular complexity index is 426. The zero-order valence-corrected chi connectivity index (χ0v) is 8.51. The molecule has 1 N–H and O–H groups in total. The third-order valence-corrected chi connectivity index (χ3v) is 2.34. The van der Waals surface area contributed by atoms with Crippen molar-refractivity contribution in [1.82, 2.24) is 0 Å². The summed E-state index contributed by atoms with van der Waals surface area (Å²) in [7, 11) is 0. The van der Waals surface area contributed by atoms with Gasteiger partial charge in [0.15, 0.2) is 0 Å². The second kappa shape index (κ2) is 4.20. The molecule has 0 unspecified atom stereocenters. The summed E-state index contributed by atoms with van der Waals surface area (Å²) in [5, 5.41) is 17.0. The Morgan fingerprint density at radius 3 is 2.79 bits per heavy atom. The Kier molecular flexibility index (Phi) is 3.20. The number of halogens is 2.